The van der Waals surface area contributed by atoms with Gasteiger partial charge in [-0.2, -0.15) is 0 Å². The van der Waals surface area contributed by atoms with Gasteiger partial charge in [0.2, 0.25) is 0 Å². The number of para-hydroxylation sites is 2. The maximum atomic E-state index is 12.2. The Labute approximate surface area is 154 Å². The van der Waals surface area contributed by atoms with Crippen molar-refractivity contribution >= 4 is 17.4 Å². The molecule has 1 aromatic heterocycles. The minimum absolute atomic E-state index is 0.186. The molecule has 138 valence electrons. The summed E-state index contributed by atoms with van der Waals surface area (Å²) < 4.78 is 5.53. The number of nitrogens with one attached hydrogen (secondary N) is 2. The number of ether oxygens (including phenoxy) is 1. The van der Waals surface area contributed by atoms with Gasteiger partial charge in [-0.15, -0.1) is 0 Å². The summed E-state index contributed by atoms with van der Waals surface area (Å²) in [5.74, 6) is 1.19. The first-order chi connectivity index (χ1) is 12.8. The van der Waals surface area contributed by atoms with Crippen LogP contribution in [0.3, 0.4) is 0 Å². The van der Waals surface area contributed by atoms with Gasteiger partial charge < -0.3 is 20.3 Å². The van der Waals surface area contributed by atoms with Gasteiger partial charge in [-0.25, -0.2) is 4.79 Å². The van der Waals surface area contributed by atoms with E-state index in [0.717, 1.165) is 25.9 Å². The predicted molar refractivity (Wildman–Crippen MR) is 104 cm³/mol. The van der Waals surface area contributed by atoms with E-state index in [1.807, 2.05) is 55.7 Å². The minimum atomic E-state index is -0.186. The number of rotatable bonds is 6. The van der Waals surface area contributed by atoms with Crippen LogP contribution in [0.5, 0.6) is 5.75 Å². The number of hydrogen-bond acceptors (Lipinski definition) is 4. The van der Waals surface area contributed by atoms with E-state index >= 15 is 0 Å². The Bertz CT molecular complexity index is 700. The fourth-order valence-corrected chi connectivity index (χ4v) is 3.20. The first kappa shape index (κ1) is 18.0. The monoisotopic (exact) mass is 354 g/mol. The largest absolute Gasteiger partial charge is 0.492 e. The number of carbonyl (C=O) groups is 1. The first-order valence-corrected chi connectivity index (χ1v) is 9.18. The number of piperidine rings is 1. The van der Waals surface area contributed by atoms with Crippen LogP contribution in [0.25, 0.3) is 0 Å². The van der Waals surface area contributed by atoms with Gasteiger partial charge in [-0.05, 0) is 49.9 Å². The Hall–Kier alpha value is -2.76. The van der Waals surface area contributed by atoms with Crippen molar-refractivity contribution in [3.63, 3.8) is 0 Å². The Morgan fingerprint density at radius 3 is 2.65 bits per heavy atom. The topological polar surface area (TPSA) is 66.5 Å². The number of benzene rings is 1. The fraction of sp³-hybridized carbons (Fsp3) is 0.400. The van der Waals surface area contributed by atoms with Crippen molar-refractivity contribution < 1.29 is 9.53 Å². The average Bonchev–Trinajstić information content (AvgIpc) is 2.69. The Morgan fingerprint density at radius 1 is 1.19 bits per heavy atom. The third-order valence-electron chi connectivity index (χ3n) is 4.63. The third kappa shape index (κ3) is 4.88. The van der Waals surface area contributed by atoms with Crippen molar-refractivity contribution in [2.45, 2.75) is 19.8 Å². The molecule has 1 aromatic carbocycles. The predicted octanol–water partition coefficient (Wildman–Crippen LogP) is 3.52. The molecule has 2 N–H and O–H groups in total. The van der Waals surface area contributed by atoms with E-state index in [4.69, 9.17) is 4.74 Å². The molecule has 3 rings (SSSR count). The highest BCUT2D eigenvalue weighted by Gasteiger charge is 2.20. The number of carbonyl (C=O) groups excluding carboxylic acids is 1. The summed E-state index contributed by atoms with van der Waals surface area (Å²) in [5, 5.41) is 5.87. The van der Waals surface area contributed by atoms with Crippen molar-refractivity contribution in [2.24, 2.45) is 5.92 Å². The maximum absolute atomic E-state index is 12.2. The third-order valence-corrected chi connectivity index (χ3v) is 4.63. The molecular formula is C20H26N4O2. The van der Waals surface area contributed by atoms with Gasteiger partial charge >= 0.3 is 6.03 Å². The van der Waals surface area contributed by atoms with E-state index in [1.54, 1.807) is 0 Å². The summed E-state index contributed by atoms with van der Waals surface area (Å²) in [4.78, 5) is 18.6. The van der Waals surface area contributed by atoms with Crippen LogP contribution < -0.4 is 20.3 Å². The molecule has 0 radical (unpaired) electrons. The van der Waals surface area contributed by atoms with Crippen LogP contribution in [0.4, 0.5) is 16.2 Å². The Kier molecular flexibility index (Phi) is 6.30. The van der Waals surface area contributed by atoms with Crippen LogP contribution in [0.1, 0.15) is 19.8 Å². The molecule has 1 saturated heterocycles. The number of amides is 2. The lowest BCUT2D eigenvalue weighted by Crippen LogP contribution is -2.39. The molecule has 6 nitrogen and oxygen atoms in total. The number of hydrogen-bond donors (Lipinski definition) is 2. The molecular weight excluding hydrogens is 328 g/mol. The molecule has 0 unspecified atom stereocenters. The second-order valence-corrected chi connectivity index (χ2v) is 6.40. The van der Waals surface area contributed by atoms with E-state index < -0.39 is 0 Å². The van der Waals surface area contributed by atoms with Crippen molar-refractivity contribution in [3.8, 4) is 5.75 Å². The van der Waals surface area contributed by atoms with Crippen molar-refractivity contribution in [1.29, 1.82) is 0 Å². The van der Waals surface area contributed by atoms with Crippen LogP contribution in [0.15, 0.2) is 48.8 Å². The van der Waals surface area contributed by atoms with Crippen LogP contribution >= 0.6 is 0 Å². The highest BCUT2D eigenvalue weighted by atomic mass is 16.5. The molecule has 1 aliphatic rings. The Morgan fingerprint density at radius 2 is 1.92 bits per heavy atom. The lowest BCUT2D eigenvalue weighted by molar-refractivity contribution is 0.248. The normalized spacial score (nSPS) is 14.7. The summed E-state index contributed by atoms with van der Waals surface area (Å²) in [5.41, 5.74) is 1.91. The zero-order valence-corrected chi connectivity index (χ0v) is 15.1. The fourth-order valence-electron chi connectivity index (χ4n) is 3.20. The standard InChI is InChI=1S/C20H26N4O2/c1-2-26-19-6-4-3-5-18(19)23-20(25)22-15-16-9-13-24(14-10-16)17-7-11-21-12-8-17/h3-8,11-12,16H,2,9-10,13-15H2,1H3,(H2,22,23,25). The molecule has 2 aromatic rings. The van der Waals surface area contributed by atoms with E-state index in [-0.39, 0.29) is 6.03 Å². The lowest BCUT2D eigenvalue weighted by atomic mass is 9.96. The van der Waals surface area contributed by atoms with Crippen molar-refractivity contribution in [2.75, 3.05) is 36.5 Å². The molecule has 0 atom stereocenters. The number of pyridine rings is 1. The van der Waals surface area contributed by atoms with E-state index in [0.29, 0.717) is 30.5 Å². The highest BCUT2D eigenvalue weighted by Crippen LogP contribution is 2.24. The number of urea groups is 1. The van der Waals surface area contributed by atoms with Gasteiger partial charge in [0.05, 0.1) is 12.3 Å². The smallest absolute Gasteiger partial charge is 0.319 e. The summed E-state index contributed by atoms with van der Waals surface area (Å²) in [6.45, 7) is 5.19. The van der Waals surface area contributed by atoms with Crippen molar-refractivity contribution in [3.05, 3.63) is 48.8 Å². The van der Waals surface area contributed by atoms with Crippen LogP contribution in [0, 0.1) is 5.92 Å². The summed E-state index contributed by atoms with van der Waals surface area (Å²) >= 11 is 0. The van der Waals surface area contributed by atoms with E-state index in [9.17, 15) is 4.79 Å². The molecule has 0 bridgehead atoms. The molecule has 0 aliphatic carbocycles. The molecule has 1 fully saturated rings. The summed E-state index contributed by atoms with van der Waals surface area (Å²) in [6.07, 6.45) is 5.79. The Balaban J connectivity index is 1.43. The SMILES string of the molecule is CCOc1ccccc1NC(=O)NCC1CCN(c2ccncc2)CC1. The van der Waals surface area contributed by atoms with Gasteiger partial charge in [0.15, 0.2) is 0 Å². The highest BCUT2D eigenvalue weighted by molar-refractivity contribution is 5.90. The quantitative estimate of drug-likeness (QED) is 0.833. The van der Waals surface area contributed by atoms with Crippen molar-refractivity contribution in [1.82, 2.24) is 10.3 Å². The van der Waals surface area contributed by atoms with E-state index in [1.165, 1.54) is 5.69 Å². The van der Waals surface area contributed by atoms with Gasteiger partial charge in [0.1, 0.15) is 5.75 Å². The minimum Gasteiger partial charge on any atom is -0.492 e. The number of aromatic nitrogens is 1. The van der Waals surface area contributed by atoms with Gasteiger partial charge in [-0.3, -0.25) is 4.98 Å². The van der Waals surface area contributed by atoms with Gasteiger partial charge in [0.25, 0.3) is 0 Å². The second kappa shape index (κ2) is 9.08. The number of anilines is 2. The molecule has 6 heteroatoms. The summed E-state index contributed by atoms with van der Waals surface area (Å²) in [7, 11) is 0. The molecule has 26 heavy (non-hydrogen) atoms. The molecule has 1 aliphatic heterocycles. The van der Waals surface area contributed by atoms with Crippen LogP contribution in [-0.2, 0) is 0 Å². The summed E-state index contributed by atoms with van der Waals surface area (Å²) in [6, 6.07) is 11.4. The molecule has 0 spiro atoms. The molecule has 2 heterocycles. The van der Waals surface area contributed by atoms with Gasteiger partial charge in [-0.1, -0.05) is 12.1 Å². The number of nitrogens with zero attached hydrogens (tertiary/aromatic N) is 2. The maximum Gasteiger partial charge on any atom is 0.319 e. The second-order valence-electron chi connectivity index (χ2n) is 6.40. The average molecular weight is 354 g/mol. The molecule has 2 amide bonds. The first-order valence-electron chi connectivity index (χ1n) is 9.18. The lowest BCUT2D eigenvalue weighted by Gasteiger charge is -2.33. The zero-order valence-electron chi connectivity index (χ0n) is 15.1. The van der Waals surface area contributed by atoms with Crippen LogP contribution in [-0.4, -0.2) is 37.3 Å². The van der Waals surface area contributed by atoms with Crippen LogP contribution in [0.2, 0.25) is 0 Å². The van der Waals surface area contributed by atoms with E-state index in [2.05, 4.69) is 20.5 Å². The zero-order chi connectivity index (χ0) is 18.2. The molecule has 0 saturated carbocycles. The van der Waals surface area contributed by atoms with Gasteiger partial charge in [0, 0.05) is 37.7 Å².